The summed E-state index contributed by atoms with van der Waals surface area (Å²) in [5, 5.41) is 20.2. The zero-order valence-corrected chi connectivity index (χ0v) is 41.9. The summed E-state index contributed by atoms with van der Waals surface area (Å²) in [5.74, 6) is -0.408. The molecule has 18 nitrogen and oxygen atoms in total. The van der Waals surface area contributed by atoms with Crippen LogP contribution in [0.4, 0.5) is 58.7 Å². The predicted molar refractivity (Wildman–Crippen MR) is 280 cm³/mol. The number of anilines is 4. The second-order valence-corrected chi connectivity index (χ2v) is 17.6. The van der Waals surface area contributed by atoms with Crippen LogP contribution in [0.5, 0.6) is 23.0 Å². The molecule has 2 aromatic heterocycles. The number of amides is 5. The lowest BCUT2D eigenvalue weighted by Gasteiger charge is -2.17. The van der Waals surface area contributed by atoms with Gasteiger partial charge in [-0.1, -0.05) is 37.2 Å². The van der Waals surface area contributed by atoms with Crippen LogP contribution in [-0.2, 0) is 30.6 Å². The van der Waals surface area contributed by atoms with Crippen molar-refractivity contribution in [2.24, 2.45) is 0 Å². The molecule has 77 heavy (non-hydrogen) atoms. The third kappa shape index (κ3) is 21.4. The summed E-state index contributed by atoms with van der Waals surface area (Å²) in [6.45, 7) is 4.83. The Labute approximate surface area is 451 Å². The van der Waals surface area contributed by atoms with Crippen molar-refractivity contribution in [2.75, 3.05) is 47.2 Å². The Morgan fingerprint density at radius 3 is 1.49 bits per heavy atom. The minimum atomic E-state index is -4.67. The van der Waals surface area contributed by atoms with E-state index in [1.165, 1.54) is 85.2 Å². The summed E-state index contributed by atoms with van der Waals surface area (Å²) in [6, 6.07) is 22.4. The van der Waals surface area contributed by atoms with Crippen molar-refractivity contribution in [3.05, 3.63) is 167 Å². The second kappa shape index (κ2) is 30.1. The quantitative estimate of drug-likeness (QED) is 0.0192. The van der Waals surface area contributed by atoms with Gasteiger partial charge in [-0.3, -0.25) is 14.3 Å². The van der Waals surface area contributed by atoms with Gasteiger partial charge in [-0.05, 0) is 111 Å². The van der Waals surface area contributed by atoms with E-state index in [1.54, 1.807) is 26.0 Å². The summed E-state index contributed by atoms with van der Waals surface area (Å²) >= 11 is 11.1. The molecule has 0 saturated heterocycles. The van der Waals surface area contributed by atoms with Gasteiger partial charge in [0.2, 0.25) is 0 Å². The number of nitrogens with one attached hydrogen (secondary N) is 5. The van der Waals surface area contributed by atoms with Gasteiger partial charge in [0.25, 0.3) is 5.91 Å². The van der Waals surface area contributed by atoms with Crippen molar-refractivity contribution in [3.63, 3.8) is 0 Å². The molecule has 4 aromatic carbocycles. The number of hydrogen-bond donors (Lipinski definition) is 6. The van der Waals surface area contributed by atoms with E-state index in [4.69, 9.17) is 49.5 Å². The van der Waals surface area contributed by atoms with Crippen LogP contribution in [0, 0.1) is 0 Å². The molecule has 0 atom stereocenters. The van der Waals surface area contributed by atoms with E-state index in [9.17, 15) is 50.1 Å². The smallest absolute Gasteiger partial charge is 0.417 e. The van der Waals surface area contributed by atoms with Crippen LogP contribution in [0.15, 0.2) is 134 Å². The monoisotopic (exact) mass is 1140 g/mol. The number of aromatic nitrogens is 2. The van der Waals surface area contributed by atoms with Gasteiger partial charge in [0.05, 0.1) is 48.2 Å². The number of rotatable bonds is 19. The van der Waals surface area contributed by atoms with Crippen molar-refractivity contribution >= 4 is 85.5 Å². The molecule has 0 aliphatic heterocycles. The van der Waals surface area contributed by atoms with E-state index < -0.39 is 65.1 Å². The normalized spacial score (nSPS) is 11.3. The first-order valence-electron chi connectivity index (χ1n) is 22.8. The highest BCUT2D eigenvalue weighted by Crippen LogP contribution is 2.47. The Hall–Kier alpha value is -7.83. The lowest BCUT2D eigenvalue weighted by molar-refractivity contribution is -0.138. The van der Waals surface area contributed by atoms with Crippen LogP contribution in [-0.4, -0.2) is 74.3 Å². The Bertz CT molecular complexity index is 3060. The molecule has 1 radical (unpaired) electrons. The van der Waals surface area contributed by atoms with Gasteiger partial charge < -0.3 is 54.9 Å². The summed E-state index contributed by atoms with van der Waals surface area (Å²) in [6.07, 6.45) is -5.53. The van der Waals surface area contributed by atoms with Crippen LogP contribution in [0.1, 0.15) is 54.7 Å². The molecule has 5 amide bonds. The molecule has 6 rings (SSSR count). The van der Waals surface area contributed by atoms with Crippen molar-refractivity contribution < 1.29 is 79.7 Å². The molecule has 0 aliphatic carbocycles. The molecule has 28 heteroatoms. The Balaban J connectivity index is 0.000000382. The minimum absolute atomic E-state index is 0. The number of carbonyl (C=O) groups is 4. The summed E-state index contributed by atoms with van der Waals surface area (Å²) < 4.78 is 129. The molecular weight excluding hydrogens is 1090 g/mol. The third-order valence-corrected chi connectivity index (χ3v) is 11.8. The van der Waals surface area contributed by atoms with Gasteiger partial charge in [-0.15, -0.1) is 0 Å². The number of carbonyl (C=O) groups excluding carboxylic acids is 3. The molecule has 0 fully saturated rings. The topological polar surface area (TPSA) is 238 Å². The molecule has 0 bridgehead atoms. The number of urea groups is 2. The van der Waals surface area contributed by atoms with Crippen LogP contribution < -0.4 is 36.1 Å². The van der Waals surface area contributed by atoms with E-state index >= 15 is 0 Å². The van der Waals surface area contributed by atoms with Crippen LogP contribution >= 0.6 is 30.8 Å². The van der Waals surface area contributed by atoms with E-state index in [0.29, 0.717) is 28.6 Å². The molecule has 0 saturated carbocycles. The maximum absolute atomic E-state index is 13.0. The second-order valence-electron chi connectivity index (χ2n) is 14.6. The first kappa shape index (κ1) is 60.0. The van der Waals surface area contributed by atoms with Gasteiger partial charge in [-0.2, -0.15) is 26.3 Å². The molecular formula is C49H48BCl2F6N7O11P. The van der Waals surface area contributed by atoms with Crippen molar-refractivity contribution in [2.45, 2.75) is 33.6 Å². The highest BCUT2D eigenvalue weighted by atomic mass is 35.5. The molecule has 0 spiro atoms. The first-order chi connectivity index (χ1) is 36.9. The fraction of sp³-hybridized carbons (Fsp3) is 0.184. The Morgan fingerprint density at radius 1 is 0.688 bits per heavy atom. The lowest BCUT2D eigenvalue weighted by atomic mass is 10.2. The number of ether oxygens (including phenoxy) is 2. The van der Waals surface area contributed by atoms with Gasteiger partial charge in [0.1, 0.15) is 28.7 Å². The van der Waals surface area contributed by atoms with Crippen molar-refractivity contribution in [1.82, 2.24) is 15.3 Å². The highest BCUT2D eigenvalue weighted by Gasteiger charge is 2.34. The number of carboxylic acids is 1. The fourth-order valence-corrected chi connectivity index (χ4v) is 7.81. The molecule has 0 aliphatic rings. The van der Waals surface area contributed by atoms with Crippen molar-refractivity contribution in [3.8, 4) is 23.0 Å². The Morgan fingerprint density at radius 2 is 1.10 bits per heavy atom. The number of carboxylic acid groups (broad SMARTS) is 1. The van der Waals surface area contributed by atoms with Crippen LogP contribution in [0.2, 0.25) is 10.0 Å². The number of nitrogens with zero attached hydrogens (tertiary/aromatic N) is 2. The molecule has 2 heterocycles. The predicted octanol–water partition coefficient (Wildman–Crippen LogP) is 13.7. The Kier molecular flexibility index (Phi) is 23.4. The maximum atomic E-state index is 13.0. The van der Waals surface area contributed by atoms with Gasteiger partial charge >= 0.3 is 46.0 Å². The maximum Gasteiger partial charge on any atom is 0.417 e. The first-order valence-corrected chi connectivity index (χ1v) is 24.1. The number of alkyl halides is 6. The van der Waals surface area contributed by atoms with Gasteiger partial charge in [0, 0.05) is 55.2 Å². The van der Waals surface area contributed by atoms with E-state index in [2.05, 4.69) is 41.2 Å². The summed E-state index contributed by atoms with van der Waals surface area (Å²) in [7, 11) is -2.54. The summed E-state index contributed by atoms with van der Waals surface area (Å²) in [5.41, 5.74) is -1.73. The SMILES string of the molecule is C.CCOP(=O)(CCNC(=O)c1cc(Oc2ccc(NC(=O)Nc3ccc(Cl)c(C(F)(F)F)c3)cc2)ccn1)OCC.O=C(Nc1ccc(Oc2ccnc(C(=O)O)c2)cc1)Nc1ccc(Cl)c(C(F)(F)F)c1.[2H]C=CO[B][3H]. The minimum Gasteiger partial charge on any atom is -0.572 e. The van der Waals surface area contributed by atoms with Crippen LogP contribution in [0.3, 0.4) is 0 Å². The van der Waals surface area contributed by atoms with Gasteiger partial charge in [0.15, 0.2) is 5.69 Å². The third-order valence-electron chi connectivity index (χ3n) is 9.07. The largest absolute Gasteiger partial charge is 0.572 e. The number of benzene rings is 4. The number of hydrogen-bond acceptors (Lipinski definition) is 12. The standard InChI is InChI=1S/C26H27ClF3N4O6P.C20H13ClF3N3O4.C2H4BO.CH4/c1-3-38-41(37,39-4-2)14-13-32-24(35)23-16-20(11-12-31-23)40-19-8-5-17(6-9-19)33-25(36)34-18-7-10-22(27)21(15-18)26(28,29)30;21-16-6-3-12(9-15(16)20(22,23)24)27-19(30)26-11-1-4-13(5-2-11)31-14-7-8-25-17(10-14)18(28)29;1-2-4-3;/h5-12,15-16H,3-4,13-14H2,1-2H3,(H,32,35)(H2,33,34,36);1-10H,(H,28,29)(H2,26,27,30);2-3H,1H2;1H4/i;;1D,3T;. The highest BCUT2D eigenvalue weighted by molar-refractivity contribution is 7.53. The molecule has 409 valence electrons. The lowest BCUT2D eigenvalue weighted by Crippen LogP contribution is -2.27. The van der Waals surface area contributed by atoms with E-state index in [-0.39, 0.29) is 61.9 Å². The zero-order chi connectivity index (χ0) is 57.5. The average molecular weight is 1140 g/mol. The number of pyridine rings is 2. The van der Waals surface area contributed by atoms with Crippen LogP contribution in [0.25, 0.3) is 0 Å². The molecule has 6 aromatic rings. The summed E-state index contributed by atoms with van der Waals surface area (Å²) in [4.78, 5) is 55.5. The molecule has 0 unspecified atom stereocenters. The average Bonchev–Trinajstić information content (AvgIpc) is 3.38. The molecule has 6 N–H and O–H groups in total. The number of halogens is 8. The van der Waals surface area contributed by atoms with E-state index in [1.807, 2.05) is 0 Å². The van der Waals surface area contributed by atoms with E-state index in [0.717, 1.165) is 45.1 Å². The zero-order valence-electron chi connectivity index (χ0n) is 41.5. The number of aromatic carboxylic acids is 1. The van der Waals surface area contributed by atoms with Crippen molar-refractivity contribution in [1.29, 1.82) is 1.34 Å². The fourth-order valence-electron chi connectivity index (χ4n) is 5.86. The van der Waals surface area contributed by atoms with Gasteiger partial charge in [-0.25, -0.2) is 19.4 Å².